The van der Waals surface area contributed by atoms with Crippen LogP contribution in [0.4, 0.5) is 4.39 Å². The van der Waals surface area contributed by atoms with Crippen molar-refractivity contribution in [1.82, 2.24) is 10.2 Å². The SMILES string of the molecule is C[C@H](c1ccccc1F)N(C)C(=O)[C@@H]1CCCNC1. The normalized spacial score (nSPS) is 20.9. The molecule has 0 saturated carbocycles. The summed E-state index contributed by atoms with van der Waals surface area (Å²) in [5.41, 5.74) is 0.571. The molecule has 4 heteroatoms. The van der Waals surface area contributed by atoms with Gasteiger partial charge in [-0.2, -0.15) is 0 Å². The molecule has 0 bridgehead atoms. The Bertz CT molecular complexity index is 444. The van der Waals surface area contributed by atoms with Gasteiger partial charge in [-0.3, -0.25) is 4.79 Å². The summed E-state index contributed by atoms with van der Waals surface area (Å²) >= 11 is 0. The van der Waals surface area contributed by atoms with Gasteiger partial charge in [0.05, 0.1) is 12.0 Å². The van der Waals surface area contributed by atoms with Crippen molar-refractivity contribution in [1.29, 1.82) is 0 Å². The molecule has 1 aromatic rings. The Morgan fingerprint density at radius 2 is 2.21 bits per heavy atom. The molecule has 1 N–H and O–H groups in total. The minimum Gasteiger partial charge on any atom is -0.339 e. The maximum atomic E-state index is 13.8. The molecule has 0 unspecified atom stereocenters. The molecule has 3 nitrogen and oxygen atoms in total. The van der Waals surface area contributed by atoms with E-state index in [0.29, 0.717) is 5.56 Å². The third-order valence-electron chi connectivity index (χ3n) is 3.93. The quantitative estimate of drug-likeness (QED) is 0.909. The van der Waals surface area contributed by atoms with Crippen LogP contribution in [0.2, 0.25) is 0 Å². The van der Waals surface area contributed by atoms with Crippen LogP contribution in [0.5, 0.6) is 0 Å². The van der Waals surface area contributed by atoms with Crippen LogP contribution in [-0.2, 0) is 4.79 Å². The predicted octanol–water partition coefficient (Wildman–Crippen LogP) is 2.34. The molecule has 1 fully saturated rings. The molecular formula is C15H21FN2O. The van der Waals surface area contributed by atoms with Gasteiger partial charge < -0.3 is 10.2 Å². The second-order valence-electron chi connectivity index (χ2n) is 5.19. The molecule has 0 aromatic heterocycles. The maximum Gasteiger partial charge on any atom is 0.227 e. The monoisotopic (exact) mass is 264 g/mol. The van der Waals surface area contributed by atoms with Crippen molar-refractivity contribution in [3.8, 4) is 0 Å². The van der Waals surface area contributed by atoms with E-state index in [1.165, 1.54) is 6.07 Å². The smallest absolute Gasteiger partial charge is 0.227 e. The summed E-state index contributed by atoms with van der Waals surface area (Å²) in [4.78, 5) is 14.1. The van der Waals surface area contributed by atoms with E-state index < -0.39 is 0 Å². The van der Waals surface area contributed by atoms with Crippen LogP contribution in [-0.4, -0.2) is 30.9 Å². The van der Waals surface area contributed by atoms with Gasteiger partial charge >= 0.3 is 0 Å². The highest BCUT2D eigenvalue weighted by molar-refractivity contribution is 5.79. The van der Waals surface area contributed by atoms with Crippen LogP contribution in [0.3, 0.4) is 0 Å². The second-order valence-corrected chi connectivity index (χ2v) is 5.19. The van der Waals surface area contributed by atoms with E-state index in [4.69, 9.17) is 0 Å². The van der Waals surface area contributed by atoms with Crippen molar-refractivity contribution in [2.24, 2.45) is 5.92 Å². The molecule has 2 atom stereocenters. The number of carbonyl (C=O) groups is 1. The van der Waals surface area contributed by atoms with Gasteiger partial charge in [-0.05, 0) is 32.4 Å². The number of hydrogen-bond acceptors (Lipinski definition) is 2. The third kappa shape index (κ3) is 3.13. The first-order chi connectivity index (χ1) is 9.11. The van der Waals surface area contributed by atoms with Crippen LogP contribution >= 0.6 is 0 Å². The molecule has 104 valence electrons. The van der Waals surface area contributed by atoms with Crippen molar-refractivity contribution >= 4 is 5.91 Å². The largest absolute Gasteiger partial charge is 0.339 e. The van der Waals surface area contributed by atoms with E-state index in [1.807, 2.05) is 6.92 Å². The van der Waals surface area contributed by atoms with E-state index in [0.717, 1.165) is 25.9 Å². The molecule has 1 aliphatic rings. The Morgan fingerprint density at radius 1 is 1.47 bits per heavy atom. The number of carbonyl (C=O) groups excluding carboxylic acids is 1. The van der Waals surface area contributed by atoms with Crippen LogP contribution in [0, 0.1) is 11.7 Å². The average molecular weight is 264 g/mol. The van der Waals surface area contributed by atoms with Crippen LogP contribution in [0.25, 0.3) is 0 Å². The van der Waals surface area contributed by atoms with Gasteiger partial charge in [0.15, 0.2) is 0 Å². The lowest BCUT2D eigenvalue weighted by Gasteiger charge is -2.31. The molecule has 0 spiro atoms. The lowest BCUT2D eigenvalue weighted by atomic mass is 9.97. The Kier molecular flexibility index (Phi) is 4.53. The highest BCUT2D eigenvalue weighted by Crippen LogP contribution is 2.24. The molecule has 2 rings (SSSR count). The molecule has 1 amide bonds. The zero-order valence-electron chi connectivity index (χ0n) is 11.5. The number of halogens is 1. The molecule has 1 aliphatic heterocycles. The first kappa shape index (κ1) is 14.0. The lowest BCUT2D eigenvalue weighted by molar-refractivity contribution is -0.136. The summed E-state index contributed by atoms with van der Waals surface area (Å²) in [6.07, 6.45) is 1.94. The van der Waals surface area contributed by atoms with Gasteiger partial charge in [0.2, 0.25) is 5.91 Å². The Balaban J connectivity index is 2.08. The average Bonchev–Trinajstić information content (AvgIpc) is 2.46. The topological polar surface area (TPSA) is 32.3 Å². The highest BCUT2D eigenvalue weighted by atomic mass is 19.1. The van der Waals surface area contributed by atoms with Crippen molar-refractivity contribution < 1.29 is 9.18 Å². The van der Waals surface area contributed by atoms with Crippen molar-refractivity contribution in [3.05, 3.63) is 35.6 Å². The Hall–Kier alpha value is -1.42. The number of benzene rings is 1. The van der Waals surface area contributed by atoms with Crippen LogP contribution in [0.15, 0.2) is 24.3 Å². The van der Waals surface area contributed by atoms with Crippen LogP contribution in [0.1, 0.15) is 31.4 Å². The van der Waals surface area contributed by atoms with Gasteiger partial charge in [-0.1, -0.05) is 18.2 Å². The van der Waals surface area contributed by atoms with E-state index in [2.05, 4.69) is 5.32 Å². The van der Waals surface area contributed by atoms with E-state index in [-0.39, 0.29) is 23.7 Å². The zero-order valence-corrected chi connectivity index (χ0v) is 11.5. The van der Waals surface area contributed by atoms with Crippen molar-refractivity contribution in [2.45, 2.75) is 25.8 Å². The first-order valence-electron chi connectivity index (χ1n) is 6.83. The van der Waals surface area contributed by atoms with Crippen molar-refractivity contribution in [2.75, 3.05) is 20.1 Å². The number of amides is 1. The third-order valence-corrected chi connectivity index (χ3v) is 3.93. The fourth-order valence-electron chi connectivity index (χ4n) is 2.56. The highest BCUT2D eigenvalue weighted by Gasteiger charge is 2.27. The van der Waals surface area contributed by atoms with Gasteiger partial charge in [0, 0.05) is 19.2 Å². The minimum atomic E-state index is -0.253. The molecule has 0 radical (unpaired) electrons. The number of piperidine rings is 1. The molecule has 1 saturated heterocycles. The van der Waals surface area contributed by atoms with Gasteiger partial charge in [-0.25, -0.2) is 4.39 Å². The predicted molar refractivity (Wildman–Crippen MR) is 73.2 cm³/mol. The van der Waals surface area contributed by atoms with Gasteiger partial charge in [-0.15, -0.1) is 0 Å². The molecule has 1 heterocycles. The lowest BCUT2D eigenvalue weighted by Crippen LogP contribution is -2.42. The van der Waals surface area contributed by atoms with E-state index in [1.54, 1.807) is 30.1 Å². The summed E-state index contributed by atoms with van der Waals surface area (Å²) in [6, 6.07) is 6.40. The van der Waals surface area contributed by atoms with E-state index >= 15 is 0 Å². The summed E-state index contributed by atoms with van der Waals surface area (Å²) in [5, 5.41) is 3.24. The second kappa shape index (κ2) is 6.15. The zero-order chi connectivity index (χ0) is 13.8. The van der Waals surface area contributed by atoms with Crippen LogP contribution < -0.4 is 5.32 Å². The van der Waals surface area contributed by atoms with E-state index in [9.17, 15) is 9.18 Å². The number of nitrogens with one attached hydrogen (secondary N) is 1. The number of hydrogen-bond donors (Lipinski definition) is 1. The fourth-order valence-corrected chi connectivity index (χ4v) is 2.56. The standard InChI is InChI=1S/C15H21FN2O/c1-11(13-7-3-4-8-14(13)16)18(2)15(19)12-6-5-9-17-10-12/h3-4,7-8,11-12,17H,5-6,9-10H2,1-2H3/t11-,12-/m1/s1. The maximum absolute atomic E-state index is 13.8. The Morgan fingerprint density at radius 3 is 2.84 bits per heavy atom. The minimum absolute atomic E-state index is 0.0213. The molecular weight excluding hydrogens is 243 g/mol. The van der Waals surface area contributed by atoms with Crippen molar-refractivity contribution in [3.63, 3.8) is 0 Å². The fraction of sp³-hybridized carbons (Fsp3) is 0.533. The summed E-state index contributed by atoms with van der Waals surface area (Å²) in [6.45, 7) is 3.58. The molecule has 1 aromatic carbocycles. The first-order valence-corrected chi connectivity index (χ1v) is 6.83. The molecule has 0 aliphatic carbocycles. The Labute approximate surface area is 113 Å². The summed E-state index contributed by atoms with van der Waals surface area (Å²) < 4.78 is 13.8. The summed E-state index contributed by atoms with van der Waals surface area (Å²) in [5.74, 6) is -0.132. The summed E-state index contributed by atoms with van der Waals surface area (Å²) in [7, 11) is 1.76. The molecule has 19 heavy (non-hydrogen) atoms. The van der Waals surface area contributed by atoms with Gasteiger partial charge in [0.1, 0.15) is 5.82 Å². The number of nitrogens with zero attached hydrogens (tertiary/aromatic N) is 1. The number of rotatable bonds is 3. The van der Waals surface area contributed by atoms with Gasteiger partial charge in [0.25, 0.3) is 0 Å².